The van der Waals surface area contributed by atoms with Crippen molar-refractivity contribution in [3.05, 3.63) is 43.9 Å². The van der Waals surface area contributed by atoms with Crippen LogP contribution in [0.3, 0.4) is 0 Å². The Morgan fingerprint density at radius 1 is 1.16 bits per heavy atom. The molecular weight excluding hydrogens is 266 g/mol. The minimum absolute atomic E-state index is 0.0241. The van der Waals surface area contributed by atoms with Crippen LogP contribution in [-0.2, 0) is 0 Å². The van der Waals surface area contributed by atoms with E-state index in [0.29, 0.717) is 23.6 Å². The molecule has 13 heteroatoms. The van der Waals surface area contributed by atoms with Crippen molar-refractivity contribution in [2.75, 3.05) is 0 Å². The maximum atomic E-state index is 10.6. The number of rotatable bonds is 2. The lowest BCUT2D eigenvalue weighted by Gasteiger charge is -2.00. The molecule has 1 rings (SSSR count). The molecule has 0 bridgehead atoms. The standard InChI is InChI=1S/C5H3N3O5.CH6N4O/c9-6-2-4(7(10)11)1-5(3-6)8(12)13;2-1(6)5(3)4/h1-3H;3-4H2,(H2,2,6). The first-order valence-corrected chi connectivity index (χ1v) is 4.26. The van der Waals surface area contributed by atoms with Gasteiger partial charge in [-0.15, -0.1) is 0 Å². The summed E-state index contributed by atoms with van der Waals surface area (Å²) in [5, 5.41) is 31.3. The van der Waals surface area contributed by atoms with Gasteiger partial charge in [0.2, 0.25) is 0 Å². The van der Waals surface area contributed by atoms with E-state index in [1.54, 1.807) is 0 Å². The van der Waals surface area contributed by atoms with Crippen LogP contribution in [-0.4, -0.2) is 21.0 Å². The summed E-state index contributed by atoms with van der Waals surface area (Å²) >= 11 is 0. The van der Waals surface area contributed by atoms with Gasteiger partial charge >= 0.3 is 17.4 Å². The number of amides is 2. The Balaban J connectivity index is 0.000000459. The van der Waals surface area contributed by atoms with Crippen LogP contribution in [0.5, 0.6) is 0 Å². The third-order valence-electron chi connectivity index (χ3n) is 1.49. The molecule has 0 aliphatic carbocycles. The Morgan fingerprint density at radius 2 is 1.47 bits per heavy atom. The summed E-state index contributed by atoms with van der Waals surface area (Å²) in [6.07, 6.45) is 1.29. The van der Waals surface area contributed by atoms with Crippen LogP contribution in [0.4, 0.5) is 16.2 Å². The third kappa shape index (κ3) is 5.71. The summed E-state index contributed by atoms with van der Waals surface area (Å²) in [4.78, 5) is 28.2. The predicted molar refractivity (Wildman–Crippen MR) is 58.5 cm³/mol. The van der Waals surface area contributed by atoms with Gasteiger partial charge in [-0.1, -0.05) is 0 Å². The first-order valence-electron chi connectivity index (χ1n) is 4.26. The van der Waals surface area contributed by atoms with E-state index >= 15 is 0 Å². The lowest BCUT2D eigenvalue weighted by atomic mass is 10.4. The number of aromatic nitrogens is 1. The number of hydrogen-bond acceptors (Lipinski definition) is 8. The molecule has 0 radical (unpaired) electrons. The van der Waals surface area contributed by atoms with Gasteiger partial charge < -0.3 is 10.9 Å². The third-order valence-corrected chi connectivity index (χ3v) is 1.49. The number of nitrogens with two attached hydrogens (primary N) is 3. The number of primary amides is 1. The van der Waals surface area contributed by atoms with Crippen molar-refractivity contribution >= 4 is 17.4 Å². The minimum Gasteiger partial charge on any atom is -0.618 e. The number of pyridine rings is 1. The number of hydrogen-bond donors (Lipinski definition) is 3. The number of urea groups is 1. The van der Waals surface area contributed by atoms with E-state index in [1.165, 1.54) is 0 Å². The summed E-state index contributed by atoms with van der Waals surface area (Å²) in [7, 11) is 0. The summed E-state index contributed by atoms with van der Waals surface area (Å²) in [6, 6.07) is -0.135. The Labute approximate surface area is 104 Å². The largest absolute Gasteiger partial charge is 0.618 e. The van der Waals surface area contributed by atoms with E-state index in [2.05, 4.69) is 17.4 Å². The number of nitrogens with zero attached hydrogens (tertiary/aromatic N) is 4. The molecule has 19 heavy (non-hydrogen) atoms. The lowest BCUT2D eigenvalue weighted by Crippen LogP contribution is -2.46. The van der Waals surface area contributed by atoms with Crippen molar-refractivity contribution in [1.29, 1.82) is 0 Å². The monoisotopic (exact) mass is 275 g/mol. The highest BCUT2D eigenvalue weighted by Crippen LogP contribution is 2.15. The second-order valence-corrected chi connectivity index (χ2v) is 2.87. The van der Waals surface area contributed by atoms with Gasteiger partial charge in [-0.05, 0) is 0 Å². The van der Waals surface area contributed by atoms with Gasteiger partial charge in [0.25, 0.3) is 12.4 Å². The van der Waals surface area contributed by atoms with E-state index in [4.69, 9.17) is 0 Å². The zero-order valence-electron chi connectivity index (χ0n) is 9.20. The molecule has 1 aromatic heterocycles. The van der Waals surface area contributed by atoms with Gasteiger partial charge in [-0.2, -0.15) is 9.85 Å². The van der Waals surface area contributed by atoms with E-state index in [1.807, 2.05) is 0 Å². The first kappa shape index (κ1) is 15.9. The van der Waals surface area contributed by atoms with Crippen LogP contribution in [0.15, 0.2) is 18.5 Å². The second-order valence-electron chi connectivity index (χ2n) is 2.87. The average molecular weight is 275 g/mol. The molecule has 104 valence electrons. The number of nitro groups is 2. The number of hydrazine groups is 2. The smallest absolute Gasteiger partial charge is 0.343 e. The lowest BCUT2D eigenvalue weighted by molar-refractivity contribution is -0.613. The summed E-state index contributed by atoms with van der Waals surface area (Å²) in [6.45, 7) is 0. The van der Waals surface area contributed by atoms with Crippen LogP contribution in [0, 0.1) is 25.4 Å². The topological polar surface area (TPSA) is 212 Å². The van der Waals surface area contributed by atoms with E-state index < -0.39 is 27.3 Å². The molecule has 0 saturated heterocycles. The van der Waals surface area contributed by atoms with Crippen molar-refractivity contribution in [1.82, 2.24) is 5.12 Å². The summed E-state index contributed by atoms with van der Waals surface area (Å²) in [5.74, 6) is 9.14. The van der Waals surface area contributed by atoms with Gasteiger partial charge in [0, 0.05) is 0 Å². The molecule has 0 aromatic carbocycles. The maximum absolute atomic E-state index is 10.6. The normalized spacial score (nSPS) is 8.95. The maximum Gasteiger partial charge on any atom is 0.343 e. The number of carbonyl (C=O) groups excluding carboxylic acids is 1. The Kier molecular flexibility index (Phi) is 5.55. The quantitative estimate of drug-likeness (QED) is 0.140. The van der Waals surface area contributed by atoms with E-state index in [0.717, 1.165) is 0 Å². The highest BCUT2D eigenvalue weighted by molar-refractivity contribution is 5.70. The highest BCUT2D eigenvalue weighted by Gasteiger charge is 2.19. The van der Waals surface area contributed by atoms with Gasteiger partial charge in [0.15, 0.2) is 0 Å². The summed E-state index contributed by atoms with van der Waals surface area (Å²) < 4.78 is 0.0241. The molecule has 6 N–H and O–H groups in total. The number of carbonyl (C=O) groups is 1. The van der Waals surface area contributed by atoms with Crippen LogP contribution in [0.2, 0.25) is 0 Å². The first-order chi connectivity index (χ1) is 8.65. The molecule has 0 fully saturated rings. The highest BCUT2D eigenvalue weighted by atomic mass is 16.6. The molecule has 13 nitrogen and oxygen atoms in total. The zero-order valence-corrected chi connectivity index (χ0v) is 9.20. The van der Waals surface area contributed by atoms with Crippen molar-refractivity contribution in [2.24, 2.45) is 17.4 Å². The Morgan fingerprint density at radius 3 is 1.68 bits per heavy atom. The van der Waals surface area contributed by atoms with Gasteiger partial charge in [-0.25, -0.2) is 16.5 Å². The van der Waals surface area contributed by atoms with Gasteiger partial charge in [0.1, 0.15) is 6.07 Å². The van der Waals surface area contributed by atoms with Crippen LogP contribution < -0.4 is 22.1 Å². The fraction of sp³-hybridized carbons (Fsp3) is 0. The SMILES string of the molecule is NC(=O)N(N)N.O=[N+]([O-])c1cc([N+](=O)[O-])c[n+]([O-])c1. The molecular formula is C6H9N7O6. The molecule has 0 aliphatic heterocycles. The molecule has 0 aliphatic rings. The van der Waals surface area contributed by atoms with E-state index in [-0.39, 0.29) is 4.73 Å². The minimum atomic E-state index is -0.874. The zero-order chi connectivity index (χ0) is 15.2. The van der Waals surface area contributed by atoms with Crippen LogP contribution >= 0.6 is 0 Å². The molecule has 1 aromatic rings. The van der Waals surface area contributed by atoms with Crippen molar-refractivity contribution < 1.29 is 19.4 Å². The second kappa shape index (κ2) is 6.62. The average Bonchev–Trinajstić information content (AvgIpc) is 2.28. The molecule has 0 unspecified atom stereocenters. The Bertz CT molecular complexity index is 471. The summed E-state index contributed by atoms with van der Waals surface area (Å²) in [5.41, 5.74) is 3.26. The molecule has 0 spiro atoms. The van der Waals surface area contributed by atoms with Gasteiger partial charge in [-0.3, -0.25) is 20.2 Å². The fourth-order valence-electron chi connectivity index (χ4n) is 0.724. The molecule has 0 atom stereocenters. The van der Waals surface area contributed by atoms with Crippen molar-refractivity contribution in [2.45, 2.75) is 0 Å². The van der Waals surface area contributed by atoms with Crippen LogP contribution in [0.1, 0.15) is 0 Å². The van der Waals surface area contributed by atoms with Crippen molar-refractivity contribution in [3.63, 3.8) is 0 Å². The van der Waals surface area contributed by atoms with Gasteiger partial charge in [0.05, 0.1) is 9.85 Å². The molecule has 1 heterocycles. The predicted octanol–water partition coefficient (Wildman–Crippen LogP) is -1.75. The van der Waals surface area contributed by atoms with E-state index in [9.17, 15) is 30.2 Å². The Hall–Kier alpha value is -3.06. The fourth-order valence-corrected chi connectivity index (χ4v) is 0.724. The molecule has 2 amide bonds. The van der Waals surface area contributed by atoms with Crippen LogP contribution in [0.25, 0.3) is 0 Å². The van der Waals surface area contributed by atoms with Crippen molar-refractivity contribution in [3.8, 4) is 0 Å². The molecule has 0 saturated carbocycles.